The number of hydrogen-bond acceptors (Lipinski definition) is 5. The maximum absolute atomic E-state index is 11.7. The van der Waals surface area contributed by atoms with E-state index in [-0.39, 0.29) is 5.91 Å². The molecule has 1 amide bonds. The third kappa shape index (κ3) is 3.32. The van der Waals surface area contributed by atoms with Crippen LogP contribution in [0.2, 0.25) is 0 Å². The molecule has 0 saturated carbocycles. The van der Waals surface area contributed by atoms with Gasteiger partial charge in [-0.15, -0.1) is 0 Å². The highest BCUT2D eigenvalue weighted by molar-refractivity contribution is 5.91. The van der Waals surface area contributed by atoms with Gasteiger partial charge in [0.2, 0.25) is 5.91 Å². The number of aromatic nitrogens is 4. The number of fused-ring (bicyclic) bond motifs is 1. The standard InChI is InChI=1S/C21H26N6O/c1-4-8-18-22-20(26-13-11-25(12-14-26)16(3)28)19-15(2)24-27(21(19)23-18)17-9-6-5-7-10-17/h5-7,9-10H,4,8,11-14H2,1-3H3. The van der Waals surface area contributed by atoms with Crippen LogP contribution < -0.4 is 4.90 Å². The third-order valence-electron chi connectivity index (χ3n) is 5.23. The summed E-state index contributed by atoms with van der Waals surface area (Å²) in [5, 5.41) is 5.78. The molecule has 1 aliphatic heterocycles. The highest BCUT2D eigenvalue weighted by Crippen LogP contribution is 2.29. The quantitative estimate of drug-likeness (QED) is 0.698. The van der Waals surface area contributed by atoms with E-state index < -0.39 is 0 Å². The smallest absolute Gasteiger partial charge is 0.219 e. The first-order valence-electron chi connectivity index (χ1n) is 9.90. The number of benzene rings is 1. The van der Waals surface area contributed by atoms with Gasteiger partial charge >= 0.3 is 0 Å². The Labute approximate surface area is 165 Å². The Morgan fingerprint density at radius 1 is 1.07 bits per heavy atom. The summed E-state index contributed by atoms with van der Waals surface area (Å²) in [6, 6.07) is 10.1. The molecule has 3 aromatic rings. The Kier molecular flexibility index (Phi) is 4.98. The van der Waals surface area contributed by atoms with E-state index in [1.807, 2.05) is 46.8 Å². The average Bonchev–Trinajstić information content (AvgIpc) is 3.05. The summed E-state index contributed by atoms with van der Waals surface area (Å²) in [6.07, 6.45) is 1.82. The Morgan fingerprint density at radius 3 is 2.43 bits per heavy atom. The molecule has 3 heterocycles. The maximum atomic E-state index is 11.7. The normalized spacial score (nSPS) is 14.7. The molecule has 146 valence electrons. The van der Waals surface area contributed by atoms with Crippen LogP contribution in [0.5, 0.6) is 0 Å². The topological polar surface area (TPSA) is 67.2 Å². The van der Waals surface area contributed by atoms with Gasteiger partial charge in [-0.2, -0.15) is 5.10 Å². The summed E-state index contributed by atoms with van der Waals surface area (Å²) in [4.78, 5) is 25.6. The summed E-state index contributed by atoms with van der Waals surface area (Å²) in [6.45, 7) is 8.76. The molecule has 0 unspecified atom stereocenters. The number of hydrogen-bond donors (Lipinski definition) is 0. The fraction of sp³-hybridized carbons (Fsp3) is 0.429. The van der Waals surface area contributed by atoms with Gasteiger partial charge in [0.25, 0.3) is 0 Å². The van der Waals surface area contributed by atoms with Crippen molar-refractivity contribution in [3.63, 3.8) is 0 Å². The van der Waals surface area contributed by atoms with E-state index in [1.165, 1.54) is 0 Å². The van der Waals surface area contributed by atoms with Crippen LogP contribution in [-0.4, -0.2) is 56.7 Å². The molecule has 1 aromatic carbocycles. The fourth-order valence-electron chi connectivity index (χ4n) is 3.75. The van der Waals surface area contributed by atoms with Crippen molar-refractivity contribution in [2.75, 3.05) is 31.1 Å². The molecule has 0 N–H and O–H groups in total. The van der Waals surface area contributed by atoms with Gasteiger partial charge in [-0.05, 0) is 25.5 Å². The van der Waals surface area contributed by atoms with Crippen LogP contribution in [0.3, 0.4) is 0 Å². The molecule has 7 heteroatoms. The number of para-hydroxylation sites is 1. The first-order valence-corrected chi connectivity index (χ1v) is 9.90. The van der Waals surface area contributed by atoms with Crippen molar-refractivity contribution in [2.24, 2.45) is 0 Å². The molecule has 28 heavy (non-hydrogen) atoms. The SMILES string of the molecule is CCCc1nc(N2CCN(C(C)=O)CC2)c2c(C)nn(-c3ccccc3)c2n1. The van der Waals surface area contributed by atoms with E-state index in [9.17, 15) is 4.79 Å². The van der Waals surface area contributed by atoms with Crippen LogP contribution in [0.15, 0.2) is 30.3 Å². The molecule has 7 nitrogen and oxygen atoms in total. The maximum Gasteiger partial charge on any atom is 0.219 e. The molecule has 0 radical (unpaired) electrons. The fourth-order valence-corrected chi connectivity index (χ4v) is 3.75. The van der Waals surface area contributed by atoms with Gasteiger partial charge in [0.1, 0.15) is 11.6 Å². The van der Waals surface area contributed by atoms with Gasteiger partial charge in [0.05, 0.1) is 16.8 Å². The average molecular weight is 378 g/mol. The third-order valence-corrected chi connectivity index (χ3v) is 5.23. The number of carbonyl (C=O) groups excluding carboxylic acids is 1. The molecule has 1 aliphatic rings. The summed E-state index contributed by atoms with van der Waals surface area (Å²) in [5.41, 5.74) is 2.77. The van der Waals surface area contributed by atoms with Crippen molar-refractivity contribution in [2.45, 2.75) is 33.6 Å². The predicted molar refractivity (Wildman–Crippen MR) is 110 cm³/mol. The van der Waals surface area contributed by atoms with Crippen molar-refractivity contribution in [3.8, 4) is 5.69 Å². The second-order valence-corrected chi connectivity index (χ2v) is 7.24. The number of amides is 1. The van der Waals surface area contributed by atoms with Crippen LogP contribution in [0.25, 0.3) is 16.7 Å². The Balaban J connectivity index is 1.82. The number of nitrogens with zero attached hydrogens (tertiary/aromatic N) is 6. The minimum atomic E-state index is 0.132. The molecule has 0 bridgehead atoms. The van der Waals surface area contributed by atoms with Gasteiger partial charge in [0.15, 0.2) is 5.65 Å². The van der Waals surface area contributed by atoms with E-state index >= 15 is 0 Å². The van der Waals surface area contributed by atoms with Crippen molar-refractivity contribution >= 4 is 22.8 Å². The predicted octanol–water partition coefficient (Wildman–Crippen LogP) is 2.74. The Hall–Kier alpha value is -2.96. The van der Waals surface area contributed by atoms with Crippen LogP contribution in [0.4, 0.5) is 5.82 Å². The zero-order valence-corrected chi connectivity index (χ0v) is 16.7. The minimum absolute atomic E-state index is 0.132. The van der Waals surface area contributed by atoms with E-state index in [0.717, 1.165) is 73.1 Å². The van der Waals surface area contributed by atoms with Crippen molar-refractivity contribution in [3.05, 3.63) is 41.9 Å². The molecular weight excluding hydrogens is 352 g/mol. The molecule has 0 aliphatic carbocycles. The lowest BCUT2D eigenvalue weighted by molar-refractivity contribution is -0.129. The lowest BCUT2D eigenvalue weighted by atomic mass is 10.2. The van der Waals surface area contributed by atoms with Crippen LogP contribution >= 0.6 is 0 Å². The summed E-state index contributed by atoms with van der Waals surface area (Å²) >= 11 is 0. The molecule has 1 fully saturated rings. The molecule has 4 rings (SSSR count). The van der Waals surface area contributed by atoms with Crippen LogP contribution in [0.1, 0.15) is 31.8 Å². The Morgan fingerprint density at radius 2 is 1.79 bits per heavy atom. The molecular formula is C21H26N6O. The number of rotatable bonds is 4. The molecule has 0 atom stereocenters. The number of carbonyl (C=O) groups is 1. The van der Waals surface area contributed by atoms with Gasteiger partial charge in [-0.3, -0.25) is 4.79 Å². The van der Waals surface area contributed by atoms with Crippen molar-refractivity contribution < 1.29 is 4.79 Å². The Bertz CT molecular complexity index is 989. The summed E-state index contributed by atoms with van der Waals surface area (Å²) < 4.78 is 1.92. The summed E-state index contributed by atoms with van der Waals surface area (Å²) in [7, 11) is 0. The highest BCUT2D eigenvalue weighted by Gasteiger charge is 2.25. The number of aryl methyl sites for hydroxylation is 2. The van der Waals surface area contributed by atoms with E-state index in [1.54, 1.807) is 6.92 Å². The van der Waals surface area contributed by atoms with Crippen molar-refractivity contribution in [1.82, 2.24) is 24.6 Å². The largest absolute Gasteiger partial charge is 0.352 e. The first kappa shape index (κ1) is 18.4. The first-order chi connectivity index (χ1) is 13.6. The van der Waals surface area contributed by atoms with Gasteiger partial charge in [-0.1, -0.05) is 25.1 Å². The molecule has 2 aromatic heterocycles. The van der Waals surface area contributed by atoms with E-state index in [2.05, 4.69) is 11.8 Å². The zero-order valence-electron chi connectivity index (χ0n) is 16.7. The highest BCUT2D eigenvalue weighted by atomic mass is 16.2. The van der Waals surface area contributed by atoms with Gasteiger partial charge in [0, 0.05) is 39.5 Å². The summed E-state index contributed by atoms with van der Waals surface area (Å²) in [5.74, 6) is 1.92. The number of piperazine rings is 1. The lowest BCUT2D eigenvalue weighted by Crippen LogP contribution is -2.48. The van der Waals surface area contributed by atoms with Crippen molar-refractivity contribution in [1.29, 1.82) is 0 Å². The second-order valence-electron chi connectivity index (χ2n) is 7.24. The molecule has 0 spiro atoms. The van der Waals surface area contributed by atoms with Gasteiger partial charge in [-0.25, -0.2) is 14.6 Å². The minimum Gasteiger partial charge on any atom is -0.352 e. The van der Waals surface area contributed by atoms with E-state index in [0.29, 0.717) is 0 Å². The monoisotopic (exact) mass is 378 g/mol. The number of anilines is 1. The zero-order chi connectivity index (χ0) is 19.7. The van der Waals surface area contributed by atoms with Crippen LogP contribution in [-0.2, 0) is 11.2 Å². The lowest BCUT2D eigenvalue weighted by Gasteiger charge is -2.35. The molecule has 1 saturated heterocycles. The van der Waals surface area contributed by atoms with E-state index in [4.69, 9.17) is 15.1 Å². The second kappa shape index (κ2) is 7.58. The van der Waals surface area contributed by atoms with Crippen LogP contribution in [0, 0.1) is 6.92 Å². The van der Waals surface area contributed by atoms with Gasteiger partial charge < -0.3 is 9.80 Å².